The van der Waals surface area contributed by atoms with Gasteiger partial charge >= 0.3 is 0 Å². The summed E-state index contributed by atoms with van der Waals surface area (Å²) < 4.78 is 26.2. The Kier molecular flexibility index (Phi) is 5.49. The molecule has 0 aromatic heterocycles. The fourth-order valence-electron chi connectivity index (χ4n) is 4.44. The largest absolute Gasteiger partial charge is 0.204 e. The first-order valence-corrected chi connectivity index (χ1v) is 8.98. The number of benzene rings is 1. The summed E-state index contributed by atoms with van der Waals surface area (Å²) >= 11 is 0. The van der Waals surface area contributed by atoms with E-state index in [1.165, 1.54) is 63.5 Å². The summed E-state index contributed by atoms with van der Waals surface area (Å²) in [5, 5.41) is 0. The van der Waals surface area contributed by atoms with Gasteiger partial charge in [-0.25, -0.2) is 8.78 Å². The number of hydrogen-bond donors (Lipinski definition) is 0. The van der Waals surface area contributed by atoms with Gasteiger partial charge in [-0.2, -0.15) is 0 Å². The fourth-order valence-corrected chi connectivity index (χ4v) is 4.44. The molecule has 0 unspecified atom stereocenters. The van der Waals surface area contributed by atoms with E-state index in [1.807, 2.05) is 0 Å². The summed E-state index contributed by atoms with van der Waals surface area (Å²) in [4.78, 5) is 0. The van der Waals surface area contributed by atoms with Crippen molar-refractivity contribution in [1.82, 2.24) is 0 Å². The maximum Gasteiger partial charge on any atom is 0.159 e. The Labute approximate surface area is 133 Å². The summed E-state index contributed by atoms with van der Waals surface area (Å²) in [5.74, 6) is 1.24. The Hall–Kier alpha value is -0.920. The normalized spacial score (nSPS) is 27.0. The Morgan fingerprint density at radius 2 is 1.50 bits per heavy atom. The molecule has 121 valence electrons. The number of halogens is 2. The monoisotopic (exact) mass is 305 g/mol. The molecule has 2 saturated carbocycles. The average Bonchev–Trinajstić information content (AvgIpc) is 2.57. The van der Waals surface area contributed by atoms with Gasteiger partial charge in [0.05, 0.1) is 0 Å². The lowest BCUT2D eigenvalue weighted by atomic mass is 9.70. The highest BCUT2D eigenvalue weighted by molar-refractivity contribution is 5.17. The molecule has 1 radical (unpaired) electrons. The van der Waals surface area contributed by atoms with Crippen LogP contribution in [0.5, 0.6) is 0 Å². The summed E-state index contributed by atoms with van der Waals surface area (Å²) in [5.41, 5.74) is 0.934. The first-order valence-electron chi connectivity index (χ1n) is 8.98. The van der Waals surface area contributed by atoms with Gasteiger partial charge in [0.25, 0.3) is 0 Å². The average molecular weight is 305 g/mol. The maximum absolute atomic E-state index is 13.2. The minimum Gasteiger partial charge on any atom is -0.204 e. The lowest BCUT2D eigenvalue weighted by Gasteiger charge is -2.35. The van der Waals surface area contributed by atoms with Gasteiger partial charge in [-0.1, -0.05) is 18.9 Å². The van der Waals surface area contributed by atoms with Crippen molar-refractivity contribution in [3.05, 3.63) is 41.8 Å². The molecule has 0 spiro atoms. The highest BCUT2D eigenvalue weighted by atomic mass is 19.2. The zero-order chi connectivity index (χ0) is 15.4. The van der Waals surface area contributed by atoms with Crippen LogP contribution in [0.25, 0.3) is 0 Å². The smallest absolute Gasteiger partial charge is 0.159 e. The standard InChI is InChI=1S/C20H27F2/c21-19-13-10-16(14-20(19)22)7-6-15-8-11-18(12-9-15)17-4-2-1-3-5-17/h1,10,13-15,17-18H,2-9,11-12H2/t15-,18-. The lowest BCUT2D eigenvalue weighted by molar-refractivity contribution is 0.173. The number of hydrogen-bond acceptors (Lipinski definition) is 0. The quantitative estimate of drug-likeness (QED) is 0.630. The van der Waals surface area contributed by atoms with Crippen LogP contribution in [0.1, 0.15) is 63.4 Å². The molecule has 22 heavy (non-hydrogen) atoms. The molecular formula is C20H27F2. The molecule has 2 aliphatic rings. The molecular weight excluding hydrogens is 278 g/mol. The van der Waals surface area contributed by atoms with Crippen molar-refractivity contribution in [3.63, 3.8) is 0 Å². The fraction of sp³-hybridized carbons (Fsp3) is 0.650. The third kappa shape index (κ3) is 4.08. The second kappa shape index (κ2) is 7.57. The molecule has 1 aromatic rings. The van der Waals surface area contributed by atoms with Gasteiger partial charge in [0, 0.05) is 0 Å². The van der Waals surface area contributed by atoms with E-state index < -0.39 is 11.6 Å². The van der Waals surface area contributed by atoms with Gasteiger partial charge < -0.3 is 0 Å². The van der Waals surface area contributed by atoms with Crippen LogP contribution in [0.4, 0.5) is 8.78 Å². The molecule has 2 heteroatoms. The van der Waals surface area contributed by atoms with Crippen molar-refractivity contribution in [2.45, 2.75) is 64.2 Å². The molecule has 0 atom stereocenters. The number of rotatable bonds is 4. The Morgan fingerprint density at radius 1 is 0.818 bits per heavy atom. The first-order chi connectivity index (χ1) is 10.7. The van der Waals surface area contributed by atoms with Crippen LogP contribution in [-0.4, -0.2) is 0 Å². The van der Waals surface area contributed by atoms with Crippen LogP contribution in [0, 0.1) is 35.8 Å². The molecule has 1 aromatic carbocycles. The maximum atomic E-state index is 13.2. The van der Waals surface area contributed by atoms with Crippen molar-refractivity contribution < 1.29 is 8.78 Å². The Bertz CT molecular complexity index is 469. The van der Waals surface area contributed by atoms with Gasteiger partial charge in [0.15, 0.2) is 11.6 Å². The van der Waals surface area contributed by atoms with E-state index in [0.29, 0.717) is 0 Å². The zero-order valence-electron chi connectivity index (χ0n) is 13.4. The predicted molar refractivity (Wildman–Crippen MR) is 86.4 cm³/mol. The molecule has 0 amide bonds. The van der Waals surface area contributed by atoms with Gasteiger partial charge in [-0.05, 0) is 93.2 Å². The minimum atomic E-state index is -0.742. The highest BCUT2D eigenvalue weighted by Gasteiger charge is 2.28. The molecule has 0 nitrogen and oxygen atoms in total. The van der Waals surface area contributed by atoms with Gasteiger partial charge in [-0.3, -0.25) is 0 Å². The SMILES string of the molecule is Fc1ccc(CC[C@H]2CC[C@H](C3CC[CH]CC3)CC2)cc1F. The molecule has 2 aliphatic carbocycles. The van der Waals surface area contributed by atoms with E-state index >= 15 is 0 Å². The summed E-state index contributed by atoms with van der Waals surface area (Å²) in [6.07, 6.45) is 15.3. The van der Waals surface area contributed by atoms with Crippen molar-refractivity contribution in [1.29, 1.82) is 0 Å². The van der Waals surface area contributed by atoms with E-state index in [0.717, 1.165) is 36.2 Å². The van der Waals surface area contributed by atoms with E-state index in [1.54, 1.807) is 6.07 Å². The van der Waals surface area contributed by atoms with Gasteiger partial charge in [0.1, 0.15) is 0 Å². The van der Waals surface area contributed by atoms with Crippen LogP contribution in [0.3, 0.4) is 0 Å². The van der Waals surface area contributed by atoms with Crippen molar-refractivity contribution >= 4 is 0 Å². The lowest BCUT2D eigenvalue weighted by Crippen LogP contribution is -2.23. The number of aryl methyl sites for hydroxylation is 1. The van der Waals surface area contributed by atoms with Crippen LogP contribution < -0.4 is 0 Å². The summed E-state index contributed by atoms with van der Waals surface area (Å²) in [6, 6.07) is 4.34. The van der Waals surface area contributed by atoms with Crippen LogP contribution in [0.2, 0.25) is 0 Å². The predicted octanol–water partition coefficient (Wildman–Crippen LogP) is 6.10. The van der Waals surface area contributed by atoms with Crippen LogP contribution in [0.15, 0.2) is 18.2 Å². The Morgan fingerprint density at radius 3 is 2.18 bits per heavy atom. The zero-order valence-corrected chi connectivity index (χ0v) is 13.4. The molecule has 0 saturated heterocycles. The second-order valence-corrected chi connectivity index (χ2v) is 7.27. The van der Waals surface area contributed by atoms with Crippen LogP contribution >= 0.6 is 0 Å². The van der Waals surface area contributed by atoms with E-state index in [-0.39, 0.29) is 0 Å². The molecule has 2 fully saturated rings. The minimum absolute atomic E-state index is 0.713. The molecule has 3 rings (SSSR count). The van der Waals surface area contributed by atoms with Crippen LogP contribution in [-0.2, 0) is 6.42 Å². The Balaban J connectivity index is 1.42. The highest BCUT2D eigenvalue weighted by Crippen LogP contribution is 2.40. The van der Waals surface area contributed by atoms with Crippen molar-refractivity contribution in [2.75, 3.05) is 0 Å². The van der Waals surface area contributed by atoms with Gasteiger partial charge in [-0.15, -0.1) is 0 Å². The van der Waals surface area contributed by atoms with E-state index in [4.69, 9.17) is 0 Å². The van der Waals surface area contributed by atoms with E-state index in [2.05, 4.69) is 6.42 Å². The van der Waals surface area contributed by atoms with Gasteiger partial charge in [0.2, 0.25) is 0 Å². The van der Waals surface area contributed by atoms with Crippen molar-refractivity contribution in [2.24, 2.45) is 17.8 Å². The molecule has 0 N–H and O–H groups in total. The third-order valence-corrected chi connectivity index (χ3v) is 5.87. The second-order valence-electron chi connectivity index (χ2n) is 7.27. The third-order valence-electron chi connectivity index (χ3n) is 5.87. The van der Waals surface area contributed by atoms with Crippen molar-refractivity contribution in [3.8, 4) is 0 Å². The molecule has 0 bridgehead atoms. The molecule has 0 heterocycles. The first kappa shape index (κ1) is 16.0. The molecule has 0 aliphatic heterocycles. The summed E-state index contributed by atoms with van der Waals surface area (Å²) in [6.45, 7) is 0. The van der Waals surface area contributed by atoms with E-state index in [9.17, 15) is 8.78 Å². The topological polar surface area (TPSA) is 0 Å². The summed E-state index contributed by atoms with van der Waals surface area (Å²) in [7, 11) is 0.